The summed E-state index contributed by atoms with van der Waals surface area (Å²) in [6.07, 6.45) is 1.27. The van der Waals surface area contributed by atoms with Crippen molar-refractivity contribution in [2.45, 2.75) is 24.7 Å². The lowest BCUT2D eigenvalue weighted by atomic mass is 9.98. The van der Waals surface area contributed by atoms with Crippen LogP contribution in [0.4, 0.5) is 9.52 Å². The van der Waals surface area contributed by atoms with Gasteiger partial charge < -0.3 is 9.80 Å². The van der Waals surface area contributed by atoms with Gasteiger partial charge in [-0.05, 0) is 61.7 Å². The lowest BCUT2D eigenvalue weighted by Gasteiger charge is -2.38. The molecule has 1 unspecified atom stereocenters. The maximum Gasteiger partial charge on any atom is 0.243 e. The van der Waals surface area contributed by atoms with Crippen LogP contribution in [0.1, 0.15) is 18.4 Å². The molecule has 0 bridgehead atoms. The molecule has 2 aliphatic heterocycles. The zero-order valence-electron chi connectivity index (χ0n) is 19.3. The molecule has 0 radical (unpaired) electrons. The lowest BCUT2D eigenvalue weighted by Crippen LogP contribution is -2.53. The minimum absolute atomic E-state index is 0.00409. The van der Waals surface area contributed by atoms with E-state index in [1.165, 1.54) is 16.4 Å². The number of halogens is 2. The van der Waals surface area contributed by atoms with Gasteiger partial charge in [0.05, 0.1) is 21.0 Å². The van der Waals surface area contributed by atoms with Gasteiger partial charge in [0.1, 0.15) is 5.82 Å². The fourth-order valence-corrected chi connectivity index (χ4v) is 7.47. The predicted molar refractivity (Wildman–Crippen MR) is 136 cm³/mol. The molecular weight excluding hydrogens is 511 g/mol. The van der Waals surface area contributed by atoms with Gasteiger partial charge in [0.15, 0.2) is 5.13 Å². The molecule has 186 valence electrons. The first-order chi connectivity index (χ1) is 16.7. The fraction of sp³-hybridized carbons (Fsp3) is 0.417. The summed E-state index contributed by atoms with van der Waals surface area (Å²) in [5.41, 5.74) is 1.89. The van der Waals surface area contributed by atoms with Crippen molar-refractivity contribution in [2.24, 2.45) is 5.92 Å². The minimum Gasteiger partial charge on any atom is -0.345 e. The van der Waals surface area contributed by atoms with Crippen molar-refractivity contribution in [3.05, 3.63) is 52.8 Å². The summed E-state index contributed by atoms with van der Waals surface area (Å²) in [6, 6.07) is 8.70. The van der Waals surface area contributed by atoms with Crippen molar-refractivity contribution in [1.29, 1.82) is 0 Å². The van der Waals surface area contributed by atoms with Crippen LogP contribution in [0.2, 0.25) is 5.02 Å². The largest absolute Gasteiger partial charge is 0.345 e. The molecule has 2 saturated heterocycles. The van der Waals surface area contributed by atoms with Gasteiger partial charge in [-0.2, -0.15) is 4.31 Å². The van der Waals surface area contributed by atoms with Crippen LogP contribution < -0.4 is 4.90 Å². The van der Waals surface area contributed by atoms with Gasteiger partial charge in [0.25, 0.3) is 0 Å². The Hall–Kier alpha value is -2.27. The SMILES string of the molecule is Cc1c(Cl)ccc2sc(N3CCN(C(=O)C4CCCN(S(=O)(=O)c5ccc(F)cc5)C4)CC3)nc12. The zero-order chi connectivity index (χ0) is 24.7. The average Bonchev–Trinajstić information content (AvgIpc) is 3.31. The highest BCUT2D eigenvalue weighted by Gasteiger charge is 2.36. The Bertz CT molecular complexity index is 1360. The molecule has 35 heavy (non-hydrogen) atoms. The highest BCUT2D eigenvalue weighted by Crippen LogP contribution is 2.34. The van der Waals surface area contributed by atoms with Gasteiger partial charge in [-0.25, -0.2) is 17.8 Å². The Labute approximate surface area is 213 Å². The number of carbonyl (C=O) groups excluding carboxylic acids is 1. The summed E-state index contributed by atoms with van der Waals surface area (Å²) in [5.74, 6) is -0.868. The van der Waals surface area contributed by atoms with E-state index in [0.29, 0.717) is 50.6 Å². The third-order valence-corrected chi connectivity index (χ3v) is 10.2. The minimum atomic E-state index is -3.77. The van der Waals surface area contributed by atoms with E-state index in [2.05, 4.69) is 4.90 Å². The molecule has 11 heteroatoms. The predicted octanol–water partition coefficient (Wildman–Crippen LogP) is 4.15. The van der Waals surface area contributed by atoms with E-state index in [0.717, 1.165) is 33.0 Å². The summed E-state index contributed by atoms with van der Waals surface area (Å²) in [4.78, 5) is 22.1. The van der Waals surface area contributed by atoms with E-state index in [1.807, 2.05) is 24.0 Å². The number of hydrogen-bond acceptors (Lipinski definition) is 6. The molecular formula is C24H26ClFN4O3S2. The molecule has 0 aliphatic carbocycles. The Morgan fingerprint density at radius 3 is 2.51 bits per heavy atom. The molecule has 3 aromatic rings. The topological polar surface area (TPSA) is 73.8 Å². The van der Waals surface area contributed by atoms with Crippen molar-refractivity contribution in [2.75, 3.05) is 44.2 Å². The number of rotatable bonds is 4. The average molecular weight is 537 g/mol. The van der Waals surface area contributed by atoms with Gasteiger partial charge in [0, 0.05) is 44.3 Å². The number of aryl methyl sites for hydroxylation is 1. The number of fused-ring (bicyclic) bond motifs is 1. The van der Waals surface area contributed by atoms with Gasteiger partial charge in [-0.3, -0.25) is 4.79 Å². The highest BCUT2D eigenvalue weighted by molar-refractivity contribution is 7.89. The maximum atomic E-state index is 13.3. The van der Waals surface area contributed by atoms with Gasteiger partial charge in [-0.15, -0.1) is 0 Å². The highest BCUT2D eigenvalue weighted by atomic mass is 35.5. The lowest BCUT2D eigenvalue weighted by molar-refractivity contribution is -0.137. The van der Waals surface area contributed by atoms with Crippen molar-refractivity contribution in [3.8, 4) is 0 Å². The summed E-state index contributed by atoms with van der Waals surface area (Å²) in [6.45, 7) is 4.94. The number of amides is 1. The van der Waals surface area contributed by atoms with Crippen LogP contribution in [0.15, 0.2) is 41.3 Å². The van der Waals surface area contributed by atoms with Crippen LogP contribution in [0.25, 0.3) is 10.2 Å². The van der Waals surface area contributed by atoms with Crippen LogP contribution >= 0.6 is 22.9 Å². The van der Waals surface area contributed by atoms with Crippen molar-refractivity contribution in [1.82, 2.24) is 14.2 Å². The van der Waals surface area contributed by atoms with E-state index in [1.54, 1.807) is 11.3 Å². The summed E-state index contributed by atoms with van der Waals surface area (Å²) in [5, 5.41) is 1.62. The third kappa shape index (κ3) is 4.76. The van der Waals surface area contributed by atoms with E-state index in [4.69, 9.17) is 16.6 Å². The van der Waals surface area contributed by atoms with Crippen LogP contribution in [0.3, 0.4) is 0 Å². The molecule has 1 atom stereocenters. The molecule has 3 heterocycles. The quantitative estimate of drug-likeness (QED) is 0.501. The fourth-order valence-electron chi connectivity index (χ4n) is 4.72. The monoisotopic (exact) mass is 536 g/mol. The van der Waals surface area contributed by atoms with Crippen molar-refractivity contribution < 1.29 is 17.6 Å². The normalized spacial score (nSPS) is 19.9. The molecule has 1 amide bonds. The molecule has 1 aromatic heterocycles. The second-order valence-corrected chi connectivity index (χ2v) is 12.3. The molecule has 7 nitrogen and oxygen atoms in total. The second-order valence-electron chi connectivity index (χ2n) is 8.98. The molecule has 0 spiro atoms. The number of sulfonamides is 1. The molecule has 0 N–H and O–H groups in total. The number of aromatic nitrogens is 1. The first-order valence-electron chi connectivity index (χ1n) is 11.6. The molecule has 2 fully saturated rings. The number of nitrogens with zero attached hydrogens (tertiary/aromatic N) is 4. The number of piperidine rings is 1. The smallest absolute Gasteiger partial charge is 0.243 e. The van der Waals surface area contributed by atoms with E-state index < -0.39 is 15.8 Å². The van der Waals surface area contributed by atoms with Crippen LogP contribution in [0.5, 0.6) is 0 Å². The Balaban J connectivity index is 1.23. The van der Waals surface area contributed by atoms with Crippen LogP contribution in [-0.4, -0.2) is 67.8 Å². The number of thiazole rings is 1. The number of anilines is 1. The molecule has 2 aromatic carbocycles. The summed E-state index contributed by atoms with van der Waals surface area (Å²) < 4.78 is 41.7. The van der Waals surface area contributed by atoms with Crippen LogP contribution in [-0.2, 0) is 14.8 Å². The zero-order valence-corrected chi connectivity index (χ0v) is 21.7. The van der Waals surface area contributed by atoms with Gasteiger partial charge in [-0.1, -0.05) is 22.9 Å². The van der Waals surface area contributed by atoms with Gasteiger partial charge >= 0.3 is 0 Å². The summed E-state index contributed by atoms with van der Waals surface area (Å²) in [7, 11) is -3.77. The number of hydrogen-bond donors (Lipinski definition) is 0. The third-order valence-electron chi connectivity index (χ3n) is 6.78. The number of carbonyl (C=O) groups is 1. The van der Waals surface area contributed by atoms with Crippen LogP contribution in [0, 0.1) is 18.7 Å². The van der Waals surface area contributed by atoms with E-state index in [9.17, 15) is 17.6 Å². The Morgan fingerprint density at radius 1 is 1.09 bits per heavy atom. The number of piperazine rings is 1. The first kappa shape index (κ1) is 24.4. The first-order valence-corrected chi connectivity index (χ1v) is 14.2. The molecule has 5 rings (SSSR count). The Morgan fingerprint density at radius 2 is 1.80 bits per heavy atom. The van der Waals surface area contributed by atoms with Crippen molar-refractivity contribution in [3.63, 3.8) is 0 Å². The standard InChI is InChI=1S/C24H26ClFN4O3S2/c1-16-20(25)8-9-21-22(16)27-24(34-21)29-13-11-28(12-14-29)23(31)17-3-2-10-30(15-17)35(32,33)19-6-4-18(26)5-7-19/h4-9,17H,2-3,10-15H2,1H3. The molecule has 2 aliphatic rings. The van der Waals surface area contributed by atoms with E-state index in [-0.39, 0.29) is 23.3 Å². The summed E-state index contributed by atoms with van der Waals surface area (Å²) >= 11 is 7.86. The van der Waals surface area contributed by atoms with E-state index >= 15 is 0 Å². The maximum absolute atomic E-state index is 13.3. The van der Waals surface area contributed by atoms with Crippen molar-refractivity contribution >= 4 is 54.2 Å². The van der Waals surface area contributed by atoms with Gasteiger partial charge in [0.2, 0.25) is 15.9 Å². The Kier molecular flexibility index (Phi) is 6.73. The number of benzene rings is 2. The second kappa shape index (κ2) is 9.65. The molecule has 0 saturated carbocycles.